The minimum atomic E-state index is -2.97. The van der Waals surface area contributed by atoms with Crippen molar-refractivity contribution in [2.75, 3.05) is 46.9 Å². The van der Waals surface area contributed by atoms with Gasteiger partial charge < -0.3 is 35.6 Å². The molecule has 13 nitrogen and oxygen atoms in total. The van der Waals surface area contributed by atoms with Gasteiger partial charge in [-0.05, 0) is 31.6 Å². The predicted molar refractivity (Wildman–Crippen MR) is 146 cm³/mol. The number of phenols is 1. The van der Waals surface area contributed by atoms with E-state index in [0.29, 0.717) is 38.4 Å². The number of phenolic OH excluding ortho intramolecular Hbond substituents is 1. The van der Waals surface area contributed by atoms with Crippen molar-refractivity contribution >= 4 is 23.4 Å². The molecule has 0 saturated carbocycles. The summed E-state index contributed by atoms with van der Waals surface area (Å²) in [4.78, 5) is 56.8. The highest BCUT2D eigenvalue weighted by atomic mass is 16.5. The quantitative estimate of drug-likeness (QED) is 0.220. The lowest BCUT2D eigenvalue weighted by Crippen LogP contribution is -2.69. The summed E-state index contributed by atoms with van der Waals surface area (Å²) in [5, 5.41) is 45.5. The highest BCUT2D eigenvalue weighted by Gasteiger charge is 2.68. The number of Topliss-reactive ketones (excluding diaryl/α,β-unsaturated/α-hetero) is 2. The molecule has 226 valence electrons. The van der Waals surface area contributed by atoms with Crippen molar-refractivity contribution in [1.82, 2.24) is 9.80 Å². The second-order valence-electron chi connectivity index (χ2n) is 11.5. The van der Waals surface area contributed by atoms with Crippen molar-refractivity contribution in [3.05, 3.63) is 52.0 Å². The van der Waals surface area contributed by atoms with Crippen LogP contribution < -0.4 is 5.73 Å². The van der Waals surface area contributed by atoms with Gasteiger partial charge in [-0.15, -0.1) is 0 Å². The molecule has 1 amide bonds. The first-order valence-electron chi connectivity index (χ1n) is 13.8. The predicted octanol–water partition coefficient (Wildman–Crippen LogP) is -0.0744. The van der Waals surface area contributed by atoms with Crippen LogP contribution in [0.5, 0.6) is 5.75 Å². The largest absolute Gasteiger partial charge is 0.510 e. The minimum absolute atomic E-state index is 0.0615. The van der Waals surface area contributed by atoms with Crippen LogP contribution in [0, 0.1) is 11.8 Å². The van der Waals surface area contributed by atoms with E-state index in [2.05, 4.69) is 0 Å². The zero-order valence-corrected chi connectivity index (χ0v) is 23.6. The van der Waals surface area contributed by atoms with Crippen LogP contribution in [0.3, 0.4) is 0 Å². The fourth-order valence-electron chi connectivity index (χ4n) is 6.98. The Hall–Kier alpha value is -3.78. The molecule has 1 heterocycles. The Labute approximate surface area is 241 Å². The van der Waals surface area contributed by atoms with Crippen molar-refractivity contribution in [1.29, 1.82) is 0 Å². The van der Waals surface area contributed by atoms with Gasteiger partial charge in [0.15, 0.2) is 11.4 Å². The number of amides is 1. The number of aromatic hydroxyl groups is 1. The summed E-state index contributed by atoms with van der Waals surface area (Å²) in [6.45, 7) is 4.35. The maximum atomic E-state index is 13.9. The summed E-state index contributed by atoms with van der Waals surface area (Å²) in [6, 6.07) is 3.14. The van der Waals surface area contributed by atoms with E-state index < -0.39 is 81.6 Å². The van der Waals surface area contributed by atoms with Gasteiger partial charge >= 0.3 is 5.97 Å². The van der Waals surface area contributed by atoms with E-state index >= 15 is 0 Å². The molecule has 0 unspecified atom stereocenters. The van der Waals surface area contributed by atoms with Crippen molar-refractivity contribution in [3.8, 4) is 5.75 Å². The molecule has 3 aliphatic carbocycles. The molecule has 1 saturated heterocycles. The smallest absolute Gasteiger partial charge is 0.307 e. The third-order valence-corrected chi connectivity index (χ3v) is 8.97. The number of rotatable bonds is 6. The molecule has 1 aromatic carbocycles. The number of nitrogens with two attached hydrogens (primary N) is 1. The molecular weight excluding hydrogens is 550 g/mol. The van der Waals surface area contributed by atoms with E-state index in [9.17, 15) is 39.6 Å². The molecule has 0 radical (unpaired) electrons. The van der Waals surface area contributed by atoms with E-state index in [-0.39, 0.29) is 17.7 Å². The van der Waals surface area contributed by atoms with Crippen molar-refractivity contribution in [2.24, 2.45) is 17.6 Å². The first-order valence-corrected chi connectivity index (χ1v) is 13.8. The third-order valence-electron chi connectivity index (χ3n) is 8.97. The molecule has 6 N–H and O–H groups in total. The number of ketones is 2. The molecule has 42 heavy (non-hydrogen) atoms. The van der Waals surface area contributed by atoms with E-state index in [1.54, 1.807) is 19.1 Å². The number of hydrogen-bond donors (Lipinski definition) is 5. The zero-order chi connectivity index (χ0) is 30.7. The Kier molecular flexibility index (Phi) is 7.64. The fraction of sp³-hybridized carbons (Fsp3) is 0.517. The van der Waals surface area contributed by atoms with Crippen molar-refractivity contribution in [3.63, 3.8) is 0 Å². The monoisotopic (exact) mass is 585 g/mol. The van der Waals surface area contributed by atoms with Crippen LogP contribution in [0.15, 0.2) is 40.9 Å². The summed E-state index contributed by atoms with van der Waals surface area (Å²) in [5.41, 5.74) is 1.40. The number of nitrogens with zero attached hydrogens (tertiary/aromatic N) is 2. The summed E-state index contributed by atoms with van der Waals surface area (Å²) >= 11 is 0. The summed E-state index contributed by atoms with van der Waals surface area (Å²) < 4.78 is 11.4. The van der Waals surface area contributed by atoms with Crippen LogP contribution >= 0.6 is 0 Å². The van der Waals surface area contributed by atoms with Crippen LogP contribution in [0.1, 0.15) is 35.2 Å². The van der Waals surface area contributed by atoms with E-state index in [1.165, 1.54) is 25.1 Å². The topological polar surface area (TPSA) is 200 Å². The molecule has 1 aliphatic heterocycles. The van der Waals surface area contributed by atoms with Crippen LogP contribution in [0.4, 0.5) is 0 Å². The van der Waals surface area contributed by atoms with E-state index in [4.69, 9.17) is 15.2 Å². The first kappa shape index (κ1) is 29.7. The fourth-order valence-corrected chi connectivity index (χ4v) is 6.98. The Morgan fingerprint density at radius 3 is 2.45 bits per heavy atom. The zero-order valence-electron chi connectivity index (χ0n) is 23.6. The molecule has 0 aromatic heterocycles. The maximum absolute atomic E-state index is 13.9. The minimum Gasteiger partial charge on any atom is -0.510 e. The SMILES string of the molecule is C[C@@H]1c2cccc(O)c2C(=O)C2=C(O)[C@]3(O)C(=O)C(C(N)=O)=C(O)[C@H](N(C)C)[C@@H]3[C@H](OC(=O)CCN3CCOCC3)[C@H]21. The number of fused-ring (bicyclic) bond motifs is 3. The molecule has 1 aromatic rings. The number of carbonyl (C=O) groups excluding carboxylic acids is 4. The molecule has 0 bridgehead atoms. The van der Waals surface area contributed by atoms with Gasteiger partial charge in [0, 0.05) is 31.1 Å². The Morgan fingerprint density at radius 1 is 1.17 bits per heavy atom. The highest BCUT2D eigenvalue weighted by Crippen LogP contribution is 2.56. The maximum Gasteiger partial charge on any atom is 0.307 e. The summed E-state index contributed by atoms with van der Waals surface area (Å²) in [7, 11) is 3.01. The van der Waals surface area contributed by atoms with Gasteiger partial charge in [0.05, 0.1) is 37.2 Å². The van der Waals surface area contributed by atoms with E-state index in [0.717, 1.165) is 0 Å². The highest BCUT2D eigenvalue weighted by molar-refractivity contribution is 6.25. The number of aliphatic hydroxyl groups is 3. The van der Waals surface area contributed by atoms with Crippen LogP contribution in [0.2, 0.25) is 0 Å². The van der Waals surface area contributed by atoms with Crippen LogP contribution in [0.25, 0.3) is 0 Å². The number of aliphatic hydroxyl groups excluding tert-OH is 2. The molecule has 0 spiro atoms. The number of carbonyl (C=O) groups is 4. The lowest BCUT2D eigenvalue weighted by Gasteiger charge is -2.54. The molecule has 6 atom stereocenters. The number of esters is 1. The number of morpholine rings is 1. The second kappa shape index (κ2) is 10.8. The summed E-state index contributed by atoms with van der Waals surface area (Å²) in [5.74, 6) is -9.75. The average Bonchev–Trinajstić information content (AvgIpc) is 2.93. The number of ether oxygens (including phenoxy) is 2. The van der Waals surface area contributed by atoms with Gasteiger partial charge in [-0.2, -0.15) is 0 Å². The van der Waals surface area contributed by atoms with Crippen molar-refractivity contribution < 1.29 is 49.1 Å². The van der Waals surface area contributed by atoms with Crippen LogP contribution in [-0.2, 0) is 23.9 Å². The summed E-state index contributed by atoms with van der Waals surface area (Å²) in [6.07, 6.45) is -1.49. The molecule has 13 heteroatoms. The van der Waals surface area contributed by atoms with Crippen LogP contribution in [-0.4, -0.2) is 118 Å². The van der Waals surface area contributed by atoms with E-state index in [1.807, 2.05) is 4.90 Å². The Balaban J connectivity index is 1.68. The molecule has 4 aliphatic rings. The van der Waals surface area contributed by atoms with Gasteiger partial charge in [-0.25, -0.2) is 0 Å². The standard InChI is InChI=1S/C29H35N3O10/c1-13-14-5-4-6-15(33)18(14)23(35)19-17(13)25(42-16(34)7-8-32-9-11-41-12-10-32)21-22(31(2)3)24(36)20(28(30)39)27(38)29(21,40)26(19)37/h4-6,13,17,21-22,25,33,36-37,40H,7-12H2,1-3H3,(H2,30,39)/t13-,17+,21-,22-,25-,29+/m1/s1. The normalized spacial score (nSPS) is 31.5. The Morgan fingerprint density at radius 2 is 1.83 bits per heavy atom. The number of likely N-dealkylation sites (N-methyl/N-ethyl adjacent to an activating group) is 1. The number of hydrogen-bond acceptors (Lipinski definition) is 12. The first-order chi connectivity index (χ1) is 19.8. The van der Waals surface area contributed by atoms with Gasteiger partial charge in [-0.1, -0.05) is 19.1 Å². The Bertz CT molecular complexity index is 1410. The average molecular weight is 586 g/mol. The van der Waals surface area contributed by atoms with Gasteiger partial charge in [0.1, 0.15) is 28.9 Å². The lowest BCUT2D eigenvalue weighted by molar-refractivity contribution is -0.181. The molecular formula is C29H35N3O10. The van der Waals surface area contributed by atoms with Crippen molar-refractivity contribution in [2.45, 2.75) is 37.0 Å². The number of primary amides is 1. The third kappa shape index (κ3) is 4.39. The van der Waals surface area contributed by atoms with Gasteiger partial charge in [-0.3, -0.25) is 29.0 Å². The second-order valence-corrected chi connectivity index (χ2v) is 11.5. The number of benzene rings is 1. The lowest BCUT2D eigenvalue weighted by atomic mass is 9.55. The van der Waals surface area contributed by atoms with Gasteiger partial charge in [0.2, 0.25) is 5.78 Å². The van der Waals surface area contributed by atoms with Gasteiger partial charge in [0.25, 0.3) is 5.91 Å². The molecule has 5 rings (SSSR count). The molecule has 1 fully saturated rings.